The van der Waals surface area contributed by atoms with Crippen molar-refractivity contribution in [2.24, 2.45) is 0 Å². The van der Waals surface area contributed by atoms with Crippen LogP contribution in [0.2, 0.25) is 5.02 Å². The van der Waals surface area contributed by atoms with Gasteiger partial charge in [0.15, 0.2) is 5.65 Å². The number of fused-ring (bicyclic) bond motifs is 1. The van der Waals surface area contributed by atoms with Crippen molar-refractivity contribution in [3.8, 4) is 5.75 Å². The quantitative estimate of drug-likeness (QED) is 0.731. The van der Waals surface area contributed by atoms with E-state index in [1.807, 2.05) is 26.8 Å². The van der Waals surface area contributed by atoms with Crippen LogP contribution in [0.5, 0.6) is 5.75 Å². The van der Waals surface area contributed by atoms with E-state index in [-0.39, 0.29) is 11.1 Å². The van der Waals surface area contributed by atoms with Crippen molar-refractivity contribution < 1.29 is 4.74 Å². The molecule has 0 spiro atoms. The molecule has 24 heavy (non-hydrogen) atoms. The Bertz CT molecular complexity index is 953. The van der Waals surface area contributed by atoms with Gasteiger partial charge in [0.25, 0.3) is 5.56 Å². The molecule has 0 unspecified atom stereocenters. The monoisotopic (exact) mass is 346 g/mol. The third-order valence-corrected chi connectivity index (χ3v) is 4.15. The highest BCUT2D eigenvalue weighted by Crippen LogP contribution is 2.23. The highest BCUT2D eigenvalue weighted by Gasteiger charge is 2.19. The number of hydrogen-bond donors (Lipinski definition) is 0. The fourth-order valence-corrected chi connectivity index (χ4v) is 2.71. The van der Waals surface area contributed by atoms with Gasteiger partial charge >= 0.3 is 0 Å². The lowest BCUT2D eigenvalue weighted by Crippen LogP contribution is -2.25. The fraction of sp³-hybridized carbons (Fsp3) is 0.353. The van der Waals surface area contributed by atoms with Crippen LogP contribution < -0.4 is 10.3 Å². The Hall–Kier alpha value is -2.34. The number of methoxy groups -OCH3 is 1. The second-order valence-corrected chi connectivity index (χ2v) is 7.01. The van der Waals surface area contributed by atoms with Crippen molar-refractivity contribution in [2.75, 3.05) is 7.11 Å². The van der Waals surface area contributed by atoms with Crippen molar-refractivity contribution >= 4 is 22.6 Å². The van der Waals surface area contributed by atoms with Crippen LogP contribution in [-0.4, -0.2) is 26.4 Å². The number of ether oxygens (including phenoxy) is 1. The molecule has 0 atom stereocenters. The van der Waals surface area contributed by atoms with E-state index >= 15 is 0 Å². The number of hydrogen-bond acceptors (Lipinski definition) is 4. The van der Waals surface area contributed by atoms with E-state index < -0.39 is 0 Å². The normalized spacial score (nSPS) is 11.9. The predicted molar refractivity (Wildman–Crippen MR) is 93.9 cm³/mol. The maximum atomic E-state index is 12.7. The van der Waals surface area contributed by atoms with E-state index in [2.05, 4.69) is 10.1 Å². The Labute approximate surface area is 144 Å². The first-order chi connectivity index (χ1) is 11.3. The molecule has 0 saturated carbocycles. The minimum Gasteiger partial charge on any atom is -0.497 e. The number of nitrogens with zero attached hydrogens (tertiary/aromatic N) is 4. The van der Waals surface area contributed by atoms with Gasteiger partial charge in [-0.2, -0.15) is 5.10 Å². The van der Waals surface area contributed by atoms with Crippen LogP contribution in [0, 0.1) is 0 Å². The Morgan fingerprint density at radius 3 is 2.71 bits per heavy atom. The van der Waals surface area contributed by atoms with Crippen molar-refractivity contribution in [3.05, 3.63) is 51.7 Å². The van der Waals surface area contributed by atoms with Crippen LogP contribution in [0.3, 0.4) is 0 Å². The van der Waals surface area contributed by atoms with Crippen LogP contribution in [0.15, 0.2) is 35.5 Å². The molecule has 0 bridgehead atoms. The molecule has 0 aliphatic heterocycles. The number of halogens is 1. The largest absolute Gasteiger partial charge is 0.497 e. The van der Waals surface area contributed by atoms with Crippen molar-refractivity contribution in [2.45, 2.75) is 32.9 Å². The Morgan fingerprint density at radius 1 is 1.29 bits per heavy atom. The molecule has 0 aliphatic carbocycles. The highest BCUT2D eigenvalue weighted by molar-refractivity contribution is 6.31. The second kappa shape index (κ2) is 5.94. The van der Waals surface area contributed by atoms with Gasteiger partial charge in [0.1, 0.15) is 17.5 Å². The van der Waals surface area contributed by atoms with Crippen LogP contribution in [0.1, 0.15) is 26.3 Å². The first kappa shape index (κ1) is 16.5. The molecular formula is C17H19ClN4O2. The lowest BCUT2D eigenvalue weighted by molar-refractivity contribution is 0.365. The SMILES string of the molecule is COc1ccc(Cl)c(Cn2cnc3c(cnn3C(C)(C)C)c2=O)c1. The average Bonchev–Trinajstić information content (AvgIpc) is 2.97. The third kappa shape index (κ3) is 2.89. The summed E-state index contributed by atoms with van der Waals surface area (Å²) in [5.41, 5.74) is 0.987. The first-order valence-corrected chi connectivity index (χ1v) is 7.95. The molecule has 0 saturated heterocycles. The zero-order valence-electron chi connectivity index (χ0n) is 14.1. The van der Waals surface area contributed by atoms with Gasteiger partial charge in [-0.05, 0) is 44.5 Å². The lowest BCUT2D eigenvalue weighted by Gasteiger charge is -2.19. The number of rotatable bonds is 3. The van der Waals surface area contributed by atoms with Crippen molar-refractivity contribution in [1.82, 2.24) is 19.3 Å². The van der Waals surface area contributed by atoms with Gasteiger partial charge in [0.05, 0.1) is 25.4 Å². The number of benzene rings is 1. The number of aromatic nitrogens is 4. The van der Waals surface area contributed by atoms with E-state index in [9.17, 15) is 4.79 Å². The minimum atomic E-state index is -0.247. The van der Waals surface area contributed by atoms with Crippen LogP contribution in [-0.2, 0) is 12.1 Å². The zero-order valence-corrected chi connectivity index (χ0v) is 14.8. The standard InChI is InChI=1S/C17H19ClN4O2/c1-17(2,3)22-15-13(8-20-22)16(23)21(10-19-15)9-11-7-12(24-4)5-6-14(11)18/h5-8,10H,9H2,1-4H3. The van der Waals surface area contributed by atoms with Crippen molar-refractivity contribution in [3.63, 3.8) is 0 Å². The maximum Gasteiger partial charge on any atom is 0.264 e. The highest BCUT2D eigenvalue weighted by atomic mass is 35.5. The molecule has 0 amide bonds. The summed E-state index contributed by atoms with van der Waals surface area (Å²) < 4.78 is 8.50. The maximum absolute atomic E-state index is 12.7. The first-order valence-electron chi connectivity index (χ1n) is 7.57. The van der Waals surface area contributed by atoms with Gasteiger partial charge in [0.2, 0.25) is 0 Å². The lowest BCUT2D eigenvalue weighted by atomic mass is 10.1. The molecule has 7 heteroatoms. The third-order valence-electron chi connectivity index (χ3n) is 3.78. The van der Waals surface area contributed by atoms with Gasteiger partial charge in [0, 0.05) is 5.02 Å². The summed E-state index contributed by atoms with van der Waals surface area (Å²) in [5.74, 6) is 0.692. The summed E-state index contributed by atoms with van der Waals surface area (Å²) in [4.78, 5) is 17.2. The predicted octanol–water partition coefficient (Wildman–Crippen LogP) is 3.06. The Morgan fingerprint density at radius 2 is 2.04 bits per heavy atom. The fourth-order valence-electron chi connectivity index (χ4n) is 2.53. The van der Waals surface area contributed by atoms with E-state index in [0.717, 1.165) is 5.56 Å². The molecule has 0 fully saturated rings. The zero-order chi connectivity index (χ0) is 17.5. The van der Waals surface area contributed by atoms with Gasteiger partial charge in [-0.1, -0.05) is 11.6 Å². The van der Waals surface area contributed by atoms with E-state index in [0.29, 0.717) is 28.4 Å². The van der Waals surface area contributed by atoms with Crippen LogP contribution in [0.4, 0.5) is 0 Å². The molecule has 6 nitrogen and oxygen atoms in total. The van der Waals surface area contributed by atoms with Gasteiger partial charge in [-0.25, -0.2) is 9.67 Å². The molecule has 1 aromatic carbocycles. The molecule has 126 valence electrons. The average molecular weight is 347 g/mol. The summed E-state index contributed by atoms with van der Waals surface area (Å²) in [7, 11) is 1.59. The molecule has 2 heterocycles. The molecule has 3 rings (SSSR count). The van der Waals surface area contributed by atoms with Crippen LogP contribution >= 0.6 is 11.6 Å². The molecular weight excluding hydrogens is 328 g/mol. The van der Waals surface area contributed by atoms with E-state index in [4.69, 9.17) is 16.3 Å². The topological polar surface area (TPSA) is 61.9 Å². The molecule has 0 radical (unpaired) electrons. The Kier molecular flexibility index (Phi) is 4.09. The van der Waals surface area contributed by atoms with Crippen molar-refractivity contribution in [1.29, 1.82) is 0 Å². The summed E-state index contributed by atoms with van der Waals surface area (Å²) in [5, 5.41) is 5.38. The van der Waals surface area contributed by atoms with Crippen LogP contribution in [0.25, 0.3) is 11.0 Å². The summed E-state index contributed by atoms with van der Waals surface area (Å²) >= 11 is 6.23. The summed E-state index contributed by atoms with van der Waals surface area (Å²) in [6.45, 7) is 6.37. The Balaban J connectivity index is 2.06. The van der Waals surface area contributed by atoms with E-state index in [1.165, 1.54) is 10.9 Å². The minimum absolute atomic E-state index is 0.144. The summed E-state index contributed by atoms with van der Waals surface area (Å²) in [6.07, 6.45) is 3.10. The second-order valence-electron chi connectivity index (χ2n) is 6.60. The molecule has 0 aliphatic rings. The van der Waals surface area contributed by atoms with Gasteiger partial charge in [-0.3, -0.25) is 9.36 Å². The molecule has 3 aromatic rings. The molecule has 2 aromatic heterocycles. The summed E-state index contributed by atoms with van der Waals surface area (Å²) in [6, 6.07) is 5.35. The molecule has 0 N–H and O–H groups in total. The van der Waals surface area contributed by atoms with Gasteiger partial charge in [-0.15, -0.1) is 0 Å². The van der Waals surface area contributed by atoms with E-state index in [1.54, 1.807) is 30.1 Å². The van der Waals surface area contributed by atoms with Gasteiger partial charge < -0.3 is 4.74 Å². The smallest absolute Gasteiger partial charge is 0.264 e.